The molecule has 0 aliphatic heterocycles. The fourth-order valence-electron chi connectivity index (χ4n) is 2.72. The molecule has 0 unspecified atom stereocenters. The molecule has 4 aromatic rings. The summed E-state index contributed by atoms with van der Waals surface area (Å²) in [4.78, 5) is 18.0. The predicted octanol–water partition coefficient (Wildman–Crippen LogP) is 5.24. The lowest BCUT2D eigenvalue weighted by Crippen LogP contribution is -2.11. The lowest BCUT2D eigenvalue weighted by Gasteiger charge is -2.08. The average molecular weight is 410 g/mol. The van der Waals surface area contributed by atoms with Gasteiger partial charge in [0.1, 0.15) is 11.4 Å². The van der Waals surface area contributed by atoms with Gasteiger partial charge < -0.3 is 14.8 Å². The van der Waals surface area contributed by atoms with E-state index in [1.54, 1.807) is 30.0 Å². The Hall–Kier alpha value is -2.96. The van der Waals surface area contributed by atoms with Crippen LogP contribution in [0.1, 0.15) is 16.1 Å². The van der Waals surface area contributed by atoms with Crippen molar-refractivity contribution in [1.82, 2.24) is 9.38 Å². The molecule has 0 spiro atoms. The Morgan fingerprint density at radius 3 is 2.75 bits per heavy atom. The van der Waals surface area contributed by atoms with Crippen LogP contribution in [0.5, 0.6) is 5.75 Å². The minimum atomic E-state index is -0.311. The summed E-state index contributed by atoms with van der Waals surface area (Å²) in [5, 5.41) is 12.9. The highest BCUT2D eigenvalue weighted by molar-refractivity contribution is 7.98. The largest absolute Gasteiger partial charge is 0.506 e. The Morgan fingerprint density at radius 2 is 1.96 bits per heavy atom. The molecule has 0 aliphatic rings. The Labute approximate surface area is 171 Å². The maximum Gasteiger partial charge on any atom is 0.255 e. The third-order valence-electron chi connectivity index (χ3n) is 4.12. The number of pyridine rings is 1. The quantitative estimate of drug-likeness (QED) is 0.349. The summed E-state index contributed by atoms with van der Waals surface area (Å²) >= 11 is 7.56. The van der Waals surface area contributed by atoms with Crippen LogP contribution in [-0.4, -0.2) is 20.4 Å². The highest BCUT2D eigenvalue weighted by atomic mass is 35.5. The van der Waals surface area contributed by atoms with Crippen LogP contribution in [0.3, 0.4) is 0 Å². The van der Waals surface area contributed by atoms with Gasteiger partial charge in [-0.1, -0.05) is 17.7 Å². The molecular weight excluding hydrogens is 394 g/mol. The summed E-state index contributed by atoms with van der Waals surface area (Å²) in [7, 11) is 0. The fraction of sp³-hybridized carbons (Fsp3) is 0.0476. The maximum absolute atomic E-state index is 12.4. The Balaban J connectivity index is 1.40. The number of imidazole rings is 1. The number of amides is 1. The van der Waals surface area contributed by atoms with Crippen LogP contribution in [0, 0.1) is 0 Å². The first-order valence-electron chi connectivity index (χ1n) is 8.54. The van der Waals surface area contributed by atoms with E-state index in [4.69, 9.17) is 11.6 Å². The number of nitrogens with zero attached hydrogens (tertiary/aromatic N) is 2. The molecule has 2 N–H and O–H groups in total. The number of hydrogen-bond donors (Lipinski definition) is 2. The number of nitrogens with one attached hydrogen (secondary N) is 1. The van der Waals surface area contributed by atoms with E-state index in [-0.39, 0.29) is 17.3 Å². The number of anilines is 1. The van der Waals surface area contributed by atoms with Crippen molar-refractivity contribution in [2.45, 2.75) is 10.6 Å². The lowest BCUT2D eigenvalue weighted by atomic mass is 10.2. The number of carbonyl (C=O) groups is 1. The van der Waals surface area contributed by atoms with Crippen molar-refractivity contribution in [2.24, 2.45) is 0 Å². The highest BCUT2D eigenvalue weighted by Gasteiger charge is 2.10. The van der Waals surface area contributed by atoms with Gasteiger partial charge in [-0.15, -0.1) is 11.8 Å². The second-order valence-electron chi connectivity index (χ2n) is 6.13. The molecule has 0 saturated heterocycles. The first-order chi connectivity index (χ1) is 13.6. The summed E-state index contributed by atoms with van der Waals surface area (Å²) < 4.78 is 1.99. The molecule has 4 rings (SSSR count). The molecule has 7 heteroatoms. The smallest absolute Gasteiger partial charge is 0.255 e. The molecule has 0 aliphatic carbocycles. The second-order valence-corrected chi connectivity index (χ2v) is 7.61. The van der Waals surface area contributed by atoms with Gasteiger partial charge >= 0.3 is 0 Å². The summed E-state index contributed by atoms with van der Waals surface area (Å²) in [6.07, 6.45) is 3.99. The van der Waals surface area contributed by atoms with Crippen molar-refractivity contribution < 1.29 is 9.90 Å². The van der Waals surface area contributed by atoms with Crippen molar-refractivity contribution in [2.75, 3.05) is 5.32 Å². The van der Waals surface area contributed by atoms with Crippen LogP contribution in [0.15, 0.2) is 78.0 Å². The number of rotatable bonds is 5. The molecule has 0 fully saturated rings. The van der Waals surface area contributed by atoms with E-state index in [0.717, 1.165) is 22.0 Å². The highest BCUT2D eigenvalue weighted by Crippen LogP contribution is 2.27. The number of phenolic OH excluding ortho intramolecular Hbond substituents is 1. The van der Waals surface area contributed by atoms with Crippen molar-refractivity contribution >= 4 is 40.6 Å². The van der Waals surface area contributed by atoms with Crippen LogP contribution < -0.4 is 5.32 Å². The summed E-state index contributed by atoms with van der Waals surface area (Å²) in [5.41, 5.74) is 2.70. The first-order valence-corrected chi connectivity index (χ1v) is 9.90. The van der Waals surface area contributed by atoms with Crippen molar-refractivity contribution in [3.63, 3.8) is 0 Å². The Kier molecular flexibility index (Phi) is 5.23. The minimum Gasteiger partial charge on any atom is -0.506 e. The van der Waals surface area contributed by atoms with E-state index in [0.29, 0.717) is 10.6 Å². The van der Waals surface area contributed by atoms with Crippen molar-refractivity contribution in [3.8, 4) is 5.75 Å². The number of fused-ring (bicyclic) bond motifs is 1. The molecule has 2 aromatic carbocycles. The van der Waals surface area contributed by atoms with Crippen LogP contribution in [0.25, 0.3) is 5.65 Å². The van der Waals surface area contributed by atoms with E-state index >= 15 is 0 Å². The van der Waals surface area contributed by atoms with Crippen LogP contribution in [0.2, 0.25) is 5.02 Å². The number of phenols is 1. The molecular formula is C21H16ClN3O2S. The number of benzene rings is 2. The van der Waals surface area contributed by atoms with E-state index < -0.39 is 0 Å². The molecule has 0 radical (unpaired) electrons. The summed E-state index contributed by atoms with van der Waals surface area (Å²) in [5.74, 6) is 0.399. The van der Waals surface area contributed by atoms with Gasteiger partial charge in [0.2, 0.25) is 0 Å². The zero-order chi connectivity index (χ0) is 19.5. The average Bonchev–Trinajstić information content (AvgIpc) is 3.12. The minimum absolute atomic E-state index is 0.0302. The normalized spacial score (nSPS) is 10.9. The molecule has 140 valence electrons. The predicted molar refractivity (Wildman–Crippen MR) is 112 cm³/mol. The lowest BCUT2D eigenvalue weighted by molar-refractivity contribution is 0.102. The Bertz CT molecular complexity index is 1110. The standard InChI is InChI=1S/C21H16ClN3O2S/c22-15-6-9-19(26)18(11-15)24-21(27)14-4-7-17(8-5-14)28-13-16-12-25-10-2-1-3-20(25)23-16/h1-12,26H,13H2,(H,24,27). The Morgan fingerprint density at radius 1 is 1.14 bits per heavy atom. The van der Waals surface area contributed by atoms with Gasteiger partial charge in [-0.25, -0.2) is 4.98 Å². The first kappa shape index (κ1) is 18.4. The second kappa shape index (κ2) is 7.96. The monoisotopic (exact) mass is 409 g/mol. The molecule has 28 heavy (non-hydrogen) atoms. The molecule has 0 atom stereocenters. The van der Waals surface area contributed by atoms with Crippen molar-refractivity contribution in [3.05, 3.63) is 89.3 Å². The van der Waals surface area contributed by atoms with E-state index in [1.165, 1.54) is 12.1 Å². The third-order valence-corrected chi connectivity index (χ3v) is 5.40. The third kappa shape index (κ3) is 4.13. The molecule has 2 aromatic heterocycles. The molecule has 2 heterocycles. The van der Waals surface area contributed by atoms with Crippen LogP contribution in [-0.2, 0) is 5.75 Å². The fourth-order valence-corrected chi connectivity index (χ4v) is 3.67. The van der Waals surface area contributed by atoms with E-state index in [9.17, 15) is 9.90 Å². The van der Waals surface area contributed by atoms with E-state index in [2.05, 4.69) is 10.3 Å². The molecule has 1 amide bonds. The van der Waals surface area contributed by atoms with Gasteiger partial charge in [-0.05, 0) is 54.6 Å². The van der Waals surface area contributed by atoms with Gasteiger partial charge in [0, 0.05) is 33.6 Å². The number of aromatic hydroxyl groups is 1. The van der Waals surface area contributed by atoms with Gasteiger partial charge in [0.05, 0.1) is 11.4 Å². The summed E-state index contributed by atoms with van der Waals surface area (Å²) in [6, 6.07) is 17.7. The van der Waals surface area contributed by atoms with Gasteiger partial charge in [-0.2, -0.15) is 0 Å². The van der Waals surface area contributed by atoms with E-state index in [1.807, 2.05) is 47.1 Å². The number of carbonyl (C=O) groups excluding carboxylic acids is 1. The van der Waals surface area contributed by atoms with Crippen LogP contribution >= 0.6 is 23.4 Å². The van der Waals surface area contributed by atoms with Gasteiger partial charge in [-0.3, -0.25) is 4.79 Å². The summed E-state index contributed by atoms with van der Waals surface area (Å²) in [6.45, 7) is 0. The zero-order valence-corrected chi connectivity index (χ0v) is 16.2. The van der Waals surface area contributed by atoms with Crippen LogP contribution in [0.4, 0.5) is 5.69 Å². The molecule has 0 bridgehead atoms. The SMILES string of the molecule is O=C(Nc1cc(Cl)ccc1O)c1ccc(SCc2cn3ccccc3n2)cc1. The van der Waals surface area contributed by atoms with Gasteiger partial charge in [0.25, 0.3) is 5.91 Å². The topological polar surface area (TPSA) is 66.6 Å². The molecule has 0 saturated carbocycles. The van der Waals surface area contributed by atoms with Crippen molar-refractivity contribution in [1.29, 1.82) is 0 Å². The van der Waals surface area contributed by atoms with Gasteiger partial charge in [0.15, 0.2) is 0 Å². The number of halogens is 1. The number of aromatic nitrogens is 2. The number of hydrogen-bond acceptors (Lipinski definition) is 4. The number of thioether (sulfide) groups is 1. The zero-order valence-electron chi connectivity index (χ0n) is 14.7. The molecule has 5 nitrogen and oxygen atoms in total. The maximum atomic E-state index is 12.4.